The molecule has 1 fully saturated rings. The molecule has 4 nitrogen and oxygen atoms in total. The zero-order valence-electron chi connectivity index (χ0n) is 14.1. The Balaban J connectivity index is 1.47. The Morgan fingerprint density at radius 1 is 1.08 bits per heavy atom. The number of carbonyl (C=O) groups excluding carboxylic acids is 1. The number of aromatic nitrogens is 1. The first-order valence-corrected chi connectivity index (χ1v) is 8.68. The van der Waals surface area contributed by atoms with Crippen molar-refractivity contribution < 1.29 is 13.6 Å². The van der Waals surface area contributed by atoms with Crippen molar-refractivity contribution in [2.75, 3.05) is 18.4 Å². The Morgan fingerprint density at radius 3 is 2.65 bits per heavy atom. The van der Waals surface area contributed by atoms with Gasteiger partial charge in [0, 0.05) is 35.7 Å². The molecule has 2 N–H and O–H groups in total. The minimum Gasteiger partial charge on any atom is -0.381 e. The van der Waals surface area contributed by atoms with Crippen molar-refractivity contribution in [3.05, 3.63) is 65.9 Å². The number of halogens is 2. The smallest absolute Gasteiger partial charge is 0.270 e. The molecule has 0 saturated carbocycles. The lowest BCUT2D eigenvalue weighted by Crippen LogP contribution is -2.45. The van der Waals surface area contributed by atoms with E-state index in [2.05, 4.69) is 10.3 Å². The number of nitrogens with one attached hydrogen (secondary N) is 2. The molecule has 1 amide bonds. The normalized spacial score (nSPS) is 17.5. The highest BCUT2D eigenvalue weighted by atomic mass is 19.1. The van der Waals surface area contributed by atoms with Gasteiger partial charge in [0.1, 0.15) is 17.3 Å². The number of aromatic amines is 1. The molecule has 2 heterocycles. The number of benzene rings is 2. The van der Waals surface area contributed by atoms with Gasteiger partial charge in [-0.1, -0.05) is 0 Å². The quantitative estimate of drug-likeness (QED) is 0.741. The minimum atomic E-state index is -0.322. The van der Waals surface area contributed by atoms with Crippen molar-refractivity contribution in [2.45, 2.75) is 18.9 Å². The van der Waals surface area contributed by atoms with E-state index < -0.39 is 0 Å². The van der Waals surface area contributed by atoms with Crippen LogP contribution in [0.3, 0.4) is 0 Å². The molecule has 0 aliphatic carbocycles. The summed E-state index contributed by atoms with van der Waals surface area (Å²) in [6.45, 7) is 1.25. The second kappa shape index (κ2) is 6.78. The predicted molar refractivity (Wildman–Crippen MR) is 97.2 cm³/mol. The Bertz CT molecular complexity index is 936. The van der Waals surface area contributed by atoms with Crippen molar-refractivity contribution in [2.24, 2.45) is 0 Å². The number of hydrogen-bond acceptors (Lipinski definition) is 2. The molecule has 134 valence electrons. The molecule has 0 radical (unpaired) electrons. The van der Waals surface area contributed by atoms with E-state index in [0.717, 1.165) is 24.0 Å². The van der Waals surface area contributed by atoms with Crippen molar-refractivity contribution in [1.29, 1.82) is 0 Å². The maximum absolute atomic E-state index is 13.3. The number of amides is 1. The van der Waals surface area contributed by atoms with Gasteiger partial charge in [-0.3, -0.25) is 4.79 Å². The van der Waals surface area contributed by atoms with E-state index in [0.29, 0.717) is 24.2 Å². The van der Waals surface area contributed by atoms with Crippen LogP contribution in [0.4, 0.5) is 14.5 Å². The maximum atomic E-state index is 13.3. The molecule has 0 unspecified atom stereocenters. The zero-order valence-corrected chi connectivity index (χ0v) is 14.1. The molecule has 1 atom stereocenters. The number of anilines is 1. The largest absolute Gasteiger partial charge is 0.381 e. The highest BCUT2D eigenvalue weighted by Gasteiger charge is 2.25. The molecule has 1 aliphatic heterocycles. The summed E-state index contributed by atoms with van der Waals surface area (Å²) in [6.07, 6.45) is 1.83. The molecule has 1 aliphatic rings. The van der Waals surface area contributed by atoms with Gasteiger partial charge in [-0.2, -0.15) is 0 Å². The number of fused-ring (bicyclic) bond motifs is 1. The van der Waals surface area contributed by atoms with Crippen molar-refractivity contribution in [3.8, 4) is 0 Å². The van der Waals surface area contributed by atoms with Gasteiger partial charge in [0.05, 0.1) is 0 Å². The van der Waals surface area contributed by atoms with Crippen molar-refractivity contribution in [3.63, 3.8) is 0 Å². The summed E-state index contributed by atoms with van der Waals surface area (Å²) in [5.74, 6) is -0.685. The summed E-state index contributed by atoms with van der Waals surface area (Å²) in [7, 11) is 0. The van der Waals surface area contributed by atoms with Gasteiger partial charge in [-0.05, 0) is 61.4 Å². The Hall–Kier alpha value is -2.89. The first-order valence-electron chi connectivity index (χ1n) is 8.68. The zero-order chi connectivity index (χ0) is 18.1. The average Bonchev–Trinajstić information content (AvgIpc) is 3.06. The first kappa shape index (κ1) is 16.6. The summed E-state index contributed by atoms with van der Waals surface area (Å²) in [5, 5.41) is 4.04. The second-order valence-corrected chi connectivity index (χ2v) is 6.66. The number of rotatable bonds is 3. The number of likely N-dealkylation sites (tertiary alicyclic amines) is 1. The number of H-pyrrole nitrogens is 1. The van der Waals surface area contributed by atoms with Crippen LogP contribution in [0.5, 0.6) is 0 Å². The van der Waals surface area contributed by atoms with Gasteiger partial charge < -0.3 is 15.2 Å². The molecule has 3 aromatic rings. The van der Waals surface area contributed by atoms with Gasteiger partial charge in [0.15, 0.2) is 0 Å². The molecule has 26 heavy (non-hydrogen) atoms. The molecular weight excluding hydrogens is 336 g/mol. The maximum Gasteiger partial charge on any atom is 0.270 e. The average molecular weight is 355 g/mol. The summed E-state index contributed by atoms with van der Waals surface area (Å²) < 4.78 is 26.4. The lowest BCUT2D eigenvalue weighted by atomic mass is 10.0. The standard InChI is InChI=1S/C20H19F2N3O/c21-14-3-6-16(7-4-14)23-17-2-1-9-25(12-17)20(26)19-11-13-10-15(22)5-8-18(13)24-19/h3-8,10-11,17,23-24H,1-2,9,12H2/t17-/m0/s1. The van der Waals surface area contributed by atoms with E-state index in [1.165, 1.54) is 24.3 Å². The van der Waals surface area contributed by atoms with Gasteiger partial charge in [-0.15, -0.1) is 0 Å². The molecule has 0 bridgehead atoms. The second-order valence-electron chi connectivity index (χ2n) is 6.66. The molecule has 6 heteroatoms. The highest BCUT2D eigenvalue weighted by molar-refractivity contribution is 5.98. The molecular formula is C20H19F2N3O. The summed E-state index contributed by atoms with van der Waals surface area (Å²) in [6, 6.07) is 12.4. The number of nitrogens with zero attached hydrogens (tertiary/aromatic N) is 1. The number of hydrogen-bond donors (Lipinski definition) is 2. The Kier molecular flexibility index (Phi) is 4.32. The van der Waals surface area contributed by atoms with E-state index in [-0.39, 0.29) is 23.6 Å². The van der Waals surface area contributed by atoms with Crippen LogP contribution in [0.15, 0.2) is 48.5 Å². The third-order valence-electron chi connectivity index (χ3n) is 4.74. The van der Waals surface area contributed by atoms with Crippen molar-refractivity contribution in [1.82, 2.24) is 9.88 Å². The Labute approximate surface area is 149 Å². The fourth-order valence-corrected chi connectivity index (χ4v) is 3.45. The van der Waals surface area contributed by atoms with E-state index in [9.17, 15) is 13.6 Å². The molecule has 1 aromatic heterocycles. The predicted octanol–water partition coefficient (Wildman–Crippen LogP) is 4.16. The topological polar surface area (TPSA) is 48.1 Å². The molecule has 0 spiro atoms. The van der Waals surface area contributed by atoms with Crippen LogP contribution < -0.4 is 5.32 Å². The van der Waals surface area contributed by atoms with Gasteiger partial charge in [0.25, 0.3) is 5.91 Å². The van der Waals surface area contributed by atoms with Crippen LogP contribution in [0.1, 0.15) is 23.3 Å². The monoisotopic (exact) mass is 355 g/mol. The van der Waals surface area contributed by atoms with Crippen LogP contribution in [0.2, 0.25) is 0 Å². The van der Waals surface area contributed by atoms with Crippen LogP contribution in [0, 0.1) is 11.6 Å². The van der Waals surface area contributed by atoms with Crippen molar-refractivity contribution >= 4 is 22.5 Å². The van der Waals surface area contributed by atoms with Crippen LogP contribution >= 0.6 is 0 Å². The van der Waals surface area contributed by atoms with E-state index in [1.54, 1.807) is 29.2 Å². The molecule has 4 rings (SSSR count). The summed E-state index contributed by atoms with van der Waals surface area (Å²) in [4.78, 5) is 17.7. The fraction of sp³-hybridized carbons (Fsp3) is 0.250. The van der Waals surface area contributed by atoms with Crippen LogP contribution in [-0.4, -0.2) is 34.9 Å². The highest BCUT2D eigenvalue weighted by Crippen LogP contribution is 2.21. The molecule has 2 aromatic carbocycles. The first-order chi connectivity index (χ1) is 12.6. The summed E-state index contributed by atoms with van der Waals surface area (Å²) in [5.41, 5.74) is 2.05. The third-order valence-corrected chi connectivity index (χ3v) is 4.74. The van der Waals surface area contributed by atoms with Crippen LogP contribution in [0.25, 0.3) is 10.9 Å². The van der Waals surface area contributed by atoms with Gasteiger partial charge in [-0.25, -0.2) is 8.78 Å². The van der Waals surface area contributed by atoms with E-state index in [4.69, 9.17) is 0 Å². The third kappa shape index (κ3) is 3.40. The number of carbonyl (C=O) groups is 1. The molecule has 1 saturated heterocycles. The summed E-state index contributed by atoms with van der Waals surface area (Å²) >= 11 is 0. The van der Waals surface area contributed by atoms with Crippen LogP contribution in [-0.2, 0) is 0 Å². The van der Waals surface area contributed by atoms with E-state index >= 15 is 0 Å². The van der Waals surface area contributed by atoms with Gasteiger partial charge in [0.2, 0.25) is 0 Å². The lowest BCUT2D eigenvalue weighted by molar-refractivity contribution is 0.0710. The number of piperidine rings is 1. The van der Waals surface area contributed by atoms with E-state index in [1.807, 2.05) is 0 Å². The Morgan fingerprint density at radius 2 is 1.85 bits per heavy atom. The SMILES string of the molecule is O=C(c1cc2cc(F)ccc2[nH]1)N1CCC[C@H](Nc2ccc(F)cc2)C1. The lowest BCUT2D eigenvalue weighted by Gasteiger charge is -2.33. The fourth-order valence-electron chi connectivity index (χ4n) is 3.45. The minimum absolute atomic E-state index is 0.0905. The van der Waals surface area contributed by atoms with Gasteiger partial charge >= 0.3 is 0 Å².